The van der Waals surface area contributed by atoms with Crippen molar-refractivity contribution in [2.75, 3.05) is 26.2 Å². The van der Waals surface area contributed by atoms with Crippen LogP contribution in [0.4, 0.5) is 0 Å². The Kier molecular flexibility index (Phi) is 3.58. The molecule has 0 aromatic rings. The molecule has 1 saturated heterocycles. The first-order valence-corrected chi connectivity index (χ1v) is 8.88. The number of rotatable bonds is 2. The molecule has 4 saturated carbocycles. The fourth-order valence-corrected chi connectivity index (χ4v) is 5.73. The summed E-state index contributed by atoms with van der Waals surface area (Å²) in [5.74, 6) is 1.37. The third-order valence-electron chi connectivity index (χ3n) is 6.36. The quantitative estimate of drug-likeness (QED) is 0.591. The van der Waals surface area contributed by atoms with Crippen molar-refractivity contribution in [3.8, 4) is 0 Å². The molecular weight excluding hydrogens is 294 g/mol. The maximum absolute atomic E-state index is 12.5. The van der Waals surface area contributed by atoms with Crippen molar-refractivity contribution in [3.05, 3.63) is 0 Å². The minimum absolute atomic E-state index is 0.119. The van der Waals surface area contributed by atoms with E-state index in [1.165, 1.54) is 19.3 Å². The summed E-state index contributed by atoms with van der Waals surface area (Å²) in [4.78, 5) is 38.9. The Morgan fingerprint density at radius 2 is 1.43 bits per heavy atom. The van der Waals surface area contributed by atoms with Crippen LogP contribution in [-0.2, 0) is 14.4 Å². The molecule has 5 fully saturated rings. The van der Waals surface area contributed by atoms with E-state index in [1.54, 1.807) is 9.80 Å². The summed E-state index contributed by atoms with van der Waals surface area (Å²) in [5, 5.41) is 3.13. The van der Waals surface area contributed by atoms with Crippen molar-refractivity contribution in [1.82, 2.24) is 15.1 Å². The van der Waals surface area contributed by atoms with Crippen molar-refractivity contribution in [2.24, 2.45) is 17.8 Å². The Labute approximate surface area is 136 Å². The molecule has 1 aliphatic heterocycles. The molecule has 0 atom stereocenters. The van der Waals surface area contributed by atoms with Gasteiger partial charge in [0.25, 0.3) is 0 Å². The summed E-state index contributed by atoms with van der Waals surface area (Å²) < 4.78 is 0. The van der Waals surface area contributed by atoms with Crippen molar-refractivity contribution in [1.29, 1.82) is 0 Å². The topological polar surface area (TPSA) is 69.7 Å². The van der Waals surface area contributed by atoms with Gasteiger partial charge in [0.05, 0.1) is 0 Å². The Hall–Kier alpha value is -1.59. The van der Waals surface area contributed by atoms with Crippen molar-refractivity contribution < 1.29 is 14.4 Å². The maximum Gasteiger partial charge on any atom is 0.312 e. The molecule has 6 nitrogen and oxygen atoms in total. The second-order valence-corrected chi connectivity index (χ2v) is 8.09. The van der Waals surface area contributed by atoms with Gasteiger partial charge < -0.3 is 15.1 Å². The lowest BCUT2D eigenvalue weighted by Crippen LogP contribution is -2.62. The van der Waals surface area contributed by atoms with Crippen LogP contribution in [-0.4, -0.2) is 59.7 Å². The number of piperazine rings is 1. The van der Waals surface area contributed by atoms with Gasteiger partial charge in [-0.1, -0.05) is 0 Å². The van der Waals surface area contributed by atoms with Gasteiger partial charge in [-0.2, -0.15) is 0 Å². The van der Waals surface area contributed by atoms with Crippen LogP contribution in [0.3, 0.4) is 0 Å². The van der Waals surface area contributed by atoms with Crippen LogP contribution in [0.15, 0.2) is 0 Å². The highest BCUT2D eigenvalue weighted by Gasteiger charge is 2.52. The Morgan fingerprint density at radius 1 is 0.913 bits per heavy atom. The third-order valence-corrected chi connectivity index (χ3v) is 6.36. The SMILES string of the molecule is O=CN1CCN(C(=O)C(=O)NC23CC4CC(CC(C4)C2)C3)CC1. The van der Waals surface area contributed by atoms with E-state index in [0.717, 1.165) is 43.4 Å². The Bertz CT molecular complexity index is 490. The Balaban J connectivity index is 1.38. The molecule has 6 heteroatoms. The number of hydrogen-bond acceptors (Lipinski definition) is 3. The molecular formula is C17H25N3O3. The maximum atomic E-state index is 12.5. The van der Waals surface area contributed by atoms with Crippen LogP contribution in [0.25, 0.3) is 0 Å². The van der Waals surface area contributed by atoms with Gasteiger partial charge in [0, 0.05) is 31.7 Å². The minimum atomic E-state index is -0.438. The summed E-state index contributed by atoms with van der Waals surface area (Å²) >= 11 is 0. The summed E-state index contributed by atoms with van der Waals surface area (Å²) in [6.07, 6.45) is 7.91. The van der Waals surface area contributed by atoms with Gasteiger partial charge in [-0.05, 0) is 56.3 Å². The molecule has 4 aliphatic carbocycles. The van der Waals surface area contributed by atoms with E-state index in [-0.39, 0.29) is 5.54 Å². The molecule has 4 bridgehead atoms. The van der Waals surface area contributed by atoms with Crippen molar-refractivity contribution in [2.45, 2.75) is 44.1 Å². The van der Waals surface area contributed by atoms with Gasteiger partial charge in [-0.25, -0.2) is 0 Å². The number of carbonyl (C=O) groups is 3. The highest BCUT2D eigenvalue weighted by molar-refractivity contribution is 6.35. The van der Waals surface area contributed by atoms with Crippen LogP contribution in [0, 0.1) is 17.8 Å². The fourth-order valence-electron chi connectivity index (χ4n) is 5.73. The van der Waals surface area contributed by atoms with Crippen LogP contribution < -0.4 is 5.32 Å². The van der Waals surface area contributed by atoms with Gasteiger partial charge in [-0.15, -0.1) is 0 Å². The monoisotopic (exact) mass is 319 g/mol. The second-order valence-electron chi connectivity index (χ2n) is 8.09. The second kappa shape index (κ2) is 5.49. The van der Waals surface area contributed by atoms with Crippen molar-refractivity contribution >= 4 is 18.2 Å². The highest BCUT2D eigenvalue weighted by Crippen LogP contribution is 2.55. The average Bonchev–Trinajstić information content (AvgIpc) is 2.52. The molecule has 3 amide bonds. The normalized spacial score (nSPS) is 38.5. The smallest absolute Gasteiger partial charge is 0.312 e. The number of nitrogens with zero attached hydrogens (tertiary/aromatic N) is 2. The lowest BCUT2D eigenvalue weighted by atomic mass is 9.53. The first kappa shape index (κ1) is 15.0. The lowest BCUT2D eigenvalue weighted by molar-refractivity contribution is -0.150. The molecule has 0 aromatic heterocycles. The van der Waals surface area contributed by atoms with Crippen LogP contribution >= 0.6 is 0 Å². The molecule has 0 radical (unpaired) electrons. The number of hydrogen-bond donors (Lipinski definition) is 1. The molecule has 126 valence electrons. The van der Waals surface area contributed by atoms with E-state index in [4.69, 9.17) is 0 Å². The zero-order valence-corrected chi connectivity index (χ0v) is 13.5. The predicted molar refractivity (Wildman–Crippen MR) is 83.3 cm³/mol. The standard InChI is InChI=1S/C17H25N3O3/c21-11-19-1-3-20(4-2-19)16(23)15(22)18-17-8-12-5-13(9-17)7-14(6-12)10-17/h11-14H,1-10H2,(H,18,22). The largest absolute Gasteiger partial charge is 0.342 e. The first-order valence-electron chi connectivity index (χ1n) is 8.88. The van der Waals surface area contributed by atoms with Gasteiger partial charge in [0.15, 0.2) is 0 Å². The average molecular weight is 319 g/mol. The molecule has 1 heterocycles. The molecule has 23 heavy (non-hydrogen) atoms. The highest BCUT2D eigenvalue weighted by atomic mass is 16.2. The van der Waals surface area contributed by atoms with E-state index >= 15 is 0 Å². The van der Waals surface area contributed by atoms with E-state index in [0.29, 0.717) is 26.2 Å². The van der Waals surface area contributed by atoms with Gasteiger partial charge in [0.1, 0.15) is 0 Å². The zero-order valence-electron chi connectivity index (χ0n) is 13.5. The van der Waals surface area contributed by atoms with Crippen LogP contribution in [0.1, 0.15) is 38.5 Å². The third kappa shape index (κ3) is 2.72. The summed E-state index contributed by atoms with van der Waals surface area (Å²) in [7, 11) is 0. The summed E-state index contributed by atoms with van der Waals surface area (Å²) in [6, 6.07) is 0. The zero-order chi connectivity index (χ0) is 16.0. The van der Waals surface area contributed by atoms with E-state index in [2.05, 4.69) is 5.32 Å². The van der Waals surface area contributed by atoms with E-state index in [9.17, 15) is 14.4 Å². The molecule has 1 N–H and O–H groups in total. The first-order chi connectivity index (χ1) is 11.1. The van der Waals surface area contributed by atoms with Gasteiger partial charge >= 0.3 is 11.8 Å². The van der Waals surface area contributed by atoms with Crippen LogP contribution in [0.2, 0.25) is 0 Å². The summed E-state index contributed by atoms with van der Waals surface area (Å²) in [5.41, 5.74) is -0.119. The fraction of sp³-hybridized carbons (Fsp3) is 0.824. The Morgan fingerprint density at radius 3 is 1.91 bits per heavy atom. The molecule has 5 rings (SSSR count). The van der Waals surface area contributed by atoms with Gasteiger partial charge in [-0.3, -0.25) is 14.4 Å². The van der Waals surface area contributed by atoms with E-state index in [1.807, 2.05) is 0 Å². The summed E-state index contributed by atoms with van der Waals surface area (Å²) in [6.45, 7) is 1.93. The lowest BCUT2D eigenvalue weighted by Gasteiger charge is -2.56. The number of carbonyl (C=O) groups excluding carboxylic acids is 3. The predicted octanol–water partition coefficient (Wildman–Crippen LogP) is 0.372. The number of nitrogens with one attached hydrogen (secondary N) is 1. The molecule has 0 aromatic carbocycles. The van der Waals surface area contributed by atoms with E-state index < -0.39 is 11.8 Å². The molecule has 5 aliphatic rings. The number of amides is 3. The van der Waals surface area contributed by atoms with Crippen molar-refractivity contribution in [3.63, 3.8) is 0 Å². The van der Waals surface area contributed by atoms with Gasteiger partial charge in [0.2, 0.25) is 6.41 Å². The molecule has 0 spiro atoms. The molecule has 0 unspecified atom stereocenters. The minimum Gasteiger partial charge on any atom is -0.342 e. The van der Waals surface area contributed by atoms with Crippen LogP contribution in [0.5, 0.6) is 0 Å².